The Balaban J connectivity index is 2.11. The van der Waals surface area contributed by atoms with E-state index in [1.165, 1.54) is 0 Å². The lowest BCUT2D eigenvalue weighted by molar-refractivity contribution is -0.127. The van der Waals surface area contributed by atoms with Gasteiger partial charge in [0.2, 0.25) is 0 Å². The lowest BCUT2D eigenvalue weighted by atomic mass is 9.72. The molecule has 1 nitrogen and oxygen atoms in total. The van der Waals surface area contributed by atoms with Crippen LogP contribution in [0.3, 0.4) is 0 Å². The van der Waals surface area contributed by atoms with Gasteiger partial charge in [-0.2, -0.15) is 26.3 Å². The minimum absolute atomic E-state index is 0.130. The van der Waals surface area contributed by atoms with Crippen LogP contribution < -0.4 is 0 Å². The average molecular weight is 244 g/mol. The van der Waals surface area contributed by atoms with E-state index in [-0.39, 0.29) is 6.42 Å². The SMILES string of the molecule is FC(F)(F)C1=C(C(F)(F)F)C2OC23CCC13. The zero-order valence-electron chi connectivity index (χ0n) is 7.74. The summed E-state index contributed by atoms with van der Waals surface area (Å²) in [5.41, 5.74) is -4.06. The van der Waals surface area contributed by atoms with E-state index in [4.69, 9.17) is 4.74 Å². The summed E-state index contributed by atoms with van der Waals surface area (Å²) in [5, 5.41) is 0. The van der Waals surface area contributed by atoms with Crippen molar-refractivity contribution >= 4 is 0 Å². The molecule has 1 saturated carbocycles. The average Bonchev–Trinajstić information content (AvgIpc) is 2.69. The Morgan fingerprint density at radius 3 is 1.94 bits per heavy atom. The van der Waals surface area contributed by atoms with E-state index in [0.717, 1.165) is 0 Å². The maximum Gasteiger partial charge on any atom is 0.415 e. The number of ether oxygens (including phenoxy) is 1. The predicted molar refractivity (Wildman–Crippen MR) is 39.5 cm³/mol. The van der Waals surface area contributed by atoms with Crippen molar-refractivity contribution in [2.75, 3.05) is 0 Å². The van der Waals surface area contributed by atoms with Crippen LogP contribution in [0.15, 0.2) is 11.1 Å². The molecule has 2 aliphatic carbocycles. The summed E-state index contributed by atoms with van der Waals surface area (Å²) in [6.45, 7) is 0. The van der Waals surface area contributed by atoms with Crippen LogP contribution in [0.1, 0.15) is 12.8 Å². The lowest BCUT2D eigenvalue weighted by Crippen LogP contribution is -2.38. The van der Waals surface area contributed by atoms with E-state index >= 15 is 0 Å². The van der Waals surface area contributed by atoms with Crippen LogP contribution in [0.4, 0.5) is 26.3 Å². The second kappa shape index (κ2) is 2.42. The molecule has 0 aromatic rings. The molecular weight excluding hydrogens is 238 g/mol. The van der Waals surface area contributed by atoms with E-state index in [1.54, 1.807) is 0 Å². The maximum absolute atomic E-state index is 12.6. The van der Waals surface area contributed by atoms with Gasteiger partial charge in [-0.3, -0.25) is 0 Å². The Bertz CT molecular complexity index is 376. The number of halogens is 6. The molecule has 0 N–H and O–H groups in total. The normalized spacial score (nSPS) is 41.6. The maximum atomic E-state index is 12.6. The van der Waals surface area contributed by atoms with Crippen molar-refractivity contribution in [3.05, 3.63) is 11.1 Å². The number of alkyl halides is 6. The summed E-state index contributed by atoms with van der Waals surface area (Å²) in [5.74, 6) is -1.10. The number of hydrogen-bond acceptors (Lipinski definition) is 1. The highest BCUT2D eigenvalue weighted by molar-refractivity contribution is 5.49. The molecule has 0 radical (unpaired) electrons. The van der Waals surface area contributed by atoms with Crippen molar-refractivity contribution in [1.29, 1.82) is 0 Å². The van der Waals surface area contributed by atoms with Crippen LogP contribution in [0.25, 0.3) is 0 Å². The van der Waals surface area contributed by atoms with Crippen molar-refractivity contribution in [2.24, 2.45) is 5.92 Å². The lowest BCUT2D eigenvalue weighted by Gasteiger charge is -2.34. The zero-order chi connectivity index (χ0) is 11.9. The highest BCUT2D eigenvalue weighted by Crippen LogP contribution is 2.71. The first kappa shape index (κ1) is 10.4. The molecule has 0 aromatic carbocycles. The molecule has 3 rings (SSSR count). The fourth-order valence-electron chi connectivity index (χ4n) is 2.89. The molecule has 3 atom stereocenters. The number of hydrogen-bond donors (Lipinski definition) is 0. The first-order valence-electron chi connectivity index (χ1n) is 4.74. The van der Waals surface area contributed by atoms with Gasteiger partial charge in [-0.15, -0.1) is 0 Å². The number of rotatable bonds is 0. The Morgan fingerprint density at radius 1 is 1.00 bits per heavy atom. The molecule has 0 amide bonds. The van der Waals surface area contributed by atoms with Crippen molar-refractivity contribution < 1.29 is 31.1 Å². The van der Waals surface area contributed by atoms with Gasteiger partial charge in [-0.05, 0) is 12.8 Å². The summed E-state index contributed by atoms with van der Waals surface area (Å²) in [4.78, 5) is 0. The largest absolute Gasteiger partial charge is 0.415 e. The van der Waals surface area contributed by atoms with Gasteiger partial charge < -0.3 is 4.74 Å². The Labute approximate surface area is 86.1 Å². The van der Waals surface area contributed by atoms with E-state index in [0.29, 0.717) is 6.42 Å². The molecule has 90 valence electrons. The molecule has 7 heteroatoms. The van der Waals surface area contributed by atoms with Gasteiger partial charge in [0.1, 0.15) is 11.7 Å². The Hall–Kier alpha value is -0.720. The van der Waals surface area contributed by atoms with Gasteiger partial charge in [-0.1, -0.05) is 0 Å². The summed E-state index contributed by atoms with van der Waals surface area (Å²) in [7, 11) is 0. The minimum Gasteiger partial charge on any atom is -0.360 e. The van der Waals surface area contributed by atoms with Crippen LogP contribution >= 0.6 is 0 Å². The highest BCUT2D eigenvalue weighted by Gasteiger charge is 2.79. The van der Waals surface area contributed by atoms with Crippen molar-refractivity contribution in [3.63, 3.8) is 0 Å². The van der Waals surface area contributed by atoms with Gasteiger partial charge in [0.05, 0.1) is 11.1 Å². The van der Waals surface area contributed by atoms with Crippen LogP contribution in [0.5, 0.6) is 0 Å². The fraction of sp³-hybridized carbons (Fsp3) is 0.778. The van der Waals surface area contributed by atoms with Crippen molar-refractivity contribution in [2.45, 2.75) is 36.9 Å². The third kappa shape index (κ3) is 1.02. The predicted octanol–water partition coefficient (Wildman–Crippen LogP) is 2.97. The molecule has 0 aromatic heterocycles. The van der Waals surface area contributed by atoms with E-state index in [1.807, 2.05) is 0 Å². The zero-order valence-corrected chi connectivity index (χ0v) is 7.74. The molecule has 3 aliphatic rings. The van der Waals surface area contributed by atoms with Gasteiger partial charge >= 0.3 is 12.4 Å². The molecule has 1 heterocycles. The number of epoxide rings is 1. The Morgan fingerprint density at radius 2 is 1.56 bits per heavy atom. The van der Waals surface area contributed by atoms with E-state index < -0.39 is 41.1 Å². The topological polar surface area (TPSA) is 12.5 Å². The molecule has 0 bridgehead atoms. The first-order chi connectivity index (χ1) is 7.18. The molecule has 1 saturated heterocycles. The summed E-state index contributed by atoms with van der Waals surface area (Å²) >= 11 is 0. The summed E-state index contributed by atoms with van der Waals surface area (Å²) in [6.07, 6.45) is -10.8. The molecule has 1 aliphatic heterocycles. The molecule has 3 unspecified atom stereocenters. The molecule has 16 heavy (non-hydrogen) atoms. The smallest absolute Gasteiger partial charge is 0.360 e. The highest BCUT2D eigenvalue weighted by atomic mass is 19.4. The van der Waals surface area contributed by atoms with Crippen LogP contribution in [0, 0.1) is 5.92 Å². The standard InChI is InChI=1S/C9H6F6O/c10-8(11,12)4-3-1-2-7(3)6(16-7)5(4)9(13,14)15/h3,6H,1-2H2. The van der Waals surface area contributed by atoms with Crippen molar-refractivity contribution in [3.8, 4) is 0 Å². The molecule has 1 spiro atoms. The quantitative estimate of drug-likeness (QED) is 0.362. The van der Waals surface area contributed by atoms with Crippen LogP contribution in [-0.4, -0.2) is 24.1 Å². The minimum atomic E-state index is -4.95. The third-order valence-electron chi connectivity index (χ3n) is 3.65. The van der Waals surface area contributed by atoms with Gasteiger partial charge in [-0.25, -0.2) is 0 Å². The van der Waals surface area contributed by atoms with E-state index in [2.05, 4.69) is 0 Å². The second-order valence-corrected chi connectivity index (χ2v) is 4.37. The van der Waals surface area contributed by atoms with Gasteiger partial charge in [0, 0.05) is 5.92 Å². The van der Waals surface area contributed by atoms with Crippen LogP contribution in [-0.2, 0) is 4.74 Å². The monoisotopic (exact) mass is 244 g/mol. The fourth-order valence-corrected chi connectivity index (χ4v) is 2.89. The van der Waals surface area contributed by atoms with Gasteiger partial charge in [0.25, 0.3) is 0 Å². The van der Waals surface area contributed by atoms with Crippen molar-refractivity contribution in [1.82, 2.24) is 0 Å². The Kier molecular flexibility index (Phi) is 1.58. The molecular formula is C9H6F6O. The van der Waals surface area contributed by atoms with Gasteiger partial charge in [0.15, 0.2) is 0 Å². The van der Waals surface area contributed by atoms with E-state index in [9.17, 15) is 26.3 Å². The summed E-state index contributed by atoms with van der Waals surface area (Å²) < 4.78 is 80.2. The summed E-state index contributed by atoms with van der Waals surface area (Å²) in [6, 6.07) is 0. The molecule has 2 fully saturated rings. The second-order valence-electron chi connectivity index (χ2n) is 4.37. The third-order valence-corrected chi connectivity index (χ3v) is 3.65. The van der Waals surface area contributed by atoms with Crippen LogP contribution in [0.2, 0.25) is 0 Å². The first-order valence-corrected chi connectivity index (χ1v) is 4.74.